The molecule has 5 heteroatoms. The van der Waals surface area contributed by atoms with Gasteiger partial charge in [0.05, 0.1) is 0 Å². The number of pyridine rings is 1. The van der Waals surface area contributed by atoms with Gasteiger partial charge in [-0.3, -0.25) is 4.79 Å². The molecule has 0 unspecified atom stereocenters. The Morgan fingerprint density at radius 1 is 1.38 bits per heavy atom. The van der Waals surface area contributed by atoms with Crippen molar-refractivity contribution in [2.45, 2.75) is 6.42 Å². The summed E-state index contributed by atoms with van der Waals surface area (Å²) < 4.78 is 0. The van der Waals surface area contributed by atoms with E-state index in [1.807, 2.05) is 12.1 Å². The molecule has 16 heavy (non-hydrogen) atoms. The first kappa shape index (κ1) is 10.4. The van der Waals surface area contributed by atoms with E-state index in [-0.39, 0.29) is 5.56 Å². The minimum absolute atomic E-state index is 0.0352. The van der Waals surface area contributed by atoms with Crippen LogP contribution in [0.1, 0.15) is 5.56 Å². The van der Waals surface area contributed by atoms with Gasteiger partial charge in [-0.2, -0.15) is 0 Å². The summed E-state index contributed by atoms with van der Waals surface area (Å²) in [5.41, 5.74) is 0.732. The van der Waals surface area contributed by atoms with Crippen LogP contribution in [0.2, 0.25) is 0 Å². The van der Waals surface area contributed by atoms with Crippen molar-refractivity contribution in [1.82, 2.24) is 15.0 Å². The summed E-state index contributed by atoms with van der Waals surface area (Å²) >= 11 is 0. The lowest BCUT2D eigenvalue weighted by Crippen LogP contribution is -2.15. The molecule has 0 radical (unpaired) electrons. The zero-order valence-electron chi connectivity index (χ0n) is 8.68. The van der Waals surface area contributed by atoms with Gasteiger partial charge in [-0.15, -0.1) is 0 Å². The minimum Gasteiger partial charge on any atom is -0.370 e. The van der Waals surface area contributed by atoms with E-state index in [0.717, 1.165) is 11.4 Å². The van der Waals surface area contributed by atoms with Gasteiger partial charge in [0, 0.05) is 24.5 Å². The second-order valence-electron chi connectivity index (χ2n) is 3.30. The van der Waals surface area contributed by atoms with Crippen molar-refractivity contribution in [2.24, 2.45) is 0 Å². The van der Waals surface area contributed by atoms with Crippen LogP contribution >= 0.6 is 0 Å². The van der Waals surface area contributed by atoms with E-state index >= 15 is 0 Å². The molecule has 0 amide bonds. The van der Waals surface area contributed by atoms with Crippen molar-refractivity contribution >= 4 is 5.82 Å². The van der Waals surface area contributed by atoms with E-state index < -0.39 is 0 Å². The summed E-state index contributed by atoms with van der Waals surface area (Å²) in [5.74, 6) is 0.766. The molecule has 0 aliphatic carbocycles. The summed E-state index contributed by atoms with van der Waals surface area (Å²) in [4.78, 5) is 21.8. The molecule has 0 aromatic carbocycles. The minimum atomic E-state index is -0.0352. The van der Waals surface area contributed by atoms with E-state index in [2.05, 4.69) is 20.3 Å². The first-order valence-electron chi connectivity index (χ1n) is 5.03. The number of H-pyrrole nitrogens is 1. The van der Waals surface area contributed by atoms with Crippen molar-refractivity contribution in [3.63, 3.8) is 0 Å². The molecule has 0 fully saturated rings. The van der Waals surface area contributed by atoms with Gasteiger partial charge in [0.1, 0.15) is 12.1 Å². The van der Waals surface area contributed by atoms with Crippen LogP contribution in [0.4, 0.5) is 5.82 Å². The molecule has 0 aliphatic heterocycles. The van der Waals surface area contributed by atoms with Crippen molar-refractivity contribution in [2.75, 3.05) is 11.9 Å². The standard InChI is InChI=1S/C11H12N4O/c16-11-9(2-1-5-14-11)3-7-13-10-4-6-12-8-15-10/h1-2,4-6,8H,3,7H2,(H,14,16)(H,12,13,15). The lowest BCUT2D eigenvalue weighted by molar-refractivity contribution is 0.970. The van der Waals surface area contributed by atoms with Gasteiger partial charge < -0.3 is 10.3 Å². The van der Waals surface area contributed by atoms with Gasteiger partial charge in [-0.25, -0.2) is 9.97 Å². The number of aromatic nitrogens is 3. The fourth-order valence-electron chi connectivity index (χ4n) is 1.37. The molecule has 2 aromatic rings. The quantitative estimate of drug-likeness (QED) is 0.793. The summed E-state index contributed by atoms with van der Waals surface area (Å²) in [6.45, 7) is 0.671. The van der Waals surface area contributed by atoms with Crippen LogP contribution < -0.4 is 10.9 Å². The first-order chi connectivity index (χ1) is 7.86. The van der Waals surface area contributed by atoms with E-state index in [1.54, 1.807) is 18.5 Å². The highest BCUT2D eigenvalue weighted by molar-refractivity contribution is 5.31. The predicted molar refractivity (Wildman–Crippen MR) is 61.3 cm³/mol. The first-order valence-corrected chi connectivity index (χ1v) is 5.03. The zero-order valence-corrected chi connectivity index (χ0v) is 8.68. The summed E-state index contributed by atoms with van der Waals surface area (Å²) in [6, 6.07) is 5.43. The number of nitrogens with one attached hydrogen (secondary N) is 2. The third kappa shape index (κ3) is 2.66. The molecule has 2 N–H and O–H groups in total. The van der Waals surface area contributed by atoms with Gasteiger partial charge in [0.2, 0.25) is 0 Å². The van der Waals surface area contributed by atoms with Crippen LogP contribution in [0, 0.1) is 0 Å². The summed E-state index contributed by atoms with van der Waals surface area (Å²) in [6.07, 6.45) is 5.45. The topological polar surface area (TPSA) is 70.7 Å². The number of anilines is 1. The second-order valence-corrected chi connectivity index (χ2v) is 3.30. The van der Waals surface area contributed by atoms with Crippen LogP contribution in [-0.4, -0.2) is 21.5 Å². The van der Waals surface area contributed by atoms with Gasteiger partial charge in [0.25, 0.3) is 5.56 Å². The van der Waals surface area contributed by atoms with E-state index in [4.69, 9.17) is 0 Å². The molecule has 0 saturated carbocycles. The Balaban J connectivity index is 1.90. The highest BCUT2D eigenvalue weighted by Crippen LogP contribution is 1.98. The maximum Gasteiger partial charge on any atom is 0.251 e. The van der Waals surface area contributed by atoms with Gasteiger partial charge in [-0.05, 0) is 18.6 Å². The van der Waals surface area contributed by atoms with Gasteiger partial charge >= 0.3 is 0 Å². The third-order valence-corrected chi connectivity index (χ3v) is 2.18. The van der Waals surface area contributed by atoms with Crippen molar-refractivity contribution in [3.05, 3.63) is 52.8 Å². The Bertz CT molecular complexity index is 495. The number of hydrogen-bond acceptors (Lipinski definition) is 4. The molecule has 2 heterocycles. The monoisotopic (exact) mass is 216 g/mol. The largest absolute Gasteiger partial charge is 0.370 e. The number of hydrogen-bond donors (Lipinski definition) is 2. The lowest BCUT2D eigenvalue weighted by atomic mass is 10.2. The third-order valence-electron chi connectivity index (χ3n) is 2.18. The zero-order chi connectivity index (χ0) is 11.2. The lowest BCUT2D eigenvalue weighted by Gasteiger charge is -2.03. The highest BCUT2D eigenvalue weighted by Gasteiger charge is 1.97. The van der Waals surface area contributed by atoms with Gasteiger partial charge in [0.15, 0.2) is 0 Å². The fraction of sp³-hybridized carbons (Fsp3) is 0.182. The number of aromatic amines is 1. The molecule has 0 bridgehead atoms. The molecule has 2 rings (SSSR count). The molecule has 0 aliphatic rings. The number of nitrogens with zero attached hydrogens (tertiary/aromatic N) is 2. The van der Waals surface area contributed by atoms with Crippen molar-refractivity contribution in [1.29, 1.82) is 0 Å². The Hall–Kier alpha value is -2.17. The van der Waals surface area contributed by atoms with Crippen LogP contribution in [0.5, 0.6) is 0 Å². The van der Waals surface area contributed by atoms with E-state index in [0.29, 0.717) is 13.0 Å². The fourth-order valence-corrected chi connectivity index (χ4v) is 1.37. The molecule has 0 spiro atoms. The van der Waals surface area contributed by atoms with E-state index in [9.17, 15) is 4.79 Å². The Labute approximate surface area is 92.6 Å². The van der Waals surface area contributed by atoms with Crippen LogP contribution in [0.3, 0.4) is 0 Å². The Morgan fingerprint density at radius 3 is 3.06 bits per heavy atom. The average molecular weight is 216 g/mol. The average Bonchev–Trinajstić information content (AvgIpc) is 2.33. The molecule has 0 atom stereocenters. The molecule has 0 saturated heterocycles. The van der Waals surface area contributed by atoms with Gasteiger partial charge in [-0.1, -0.05) is 6.07 Å². The molecule has 2 aromatic heterocycles. The highest BCUT2D eigenvalue weighted by atomic mass is 16.1. The molecular formula is C11H12N4O. The van der Waals surface area contributed by atoms with Crippen LogP contribution in [0.25, 0.3) is 0 Å². The SMILES string of the molecule is O=c1[nH]cccc1CCNc1ccncn1. The number of rotatable bonds is 4. The second kappa shape index (κ2) is 5.06. The maximum absolute atomic E-state index is 11.4. The van der Waals surface area contributed by atoms with Crippen LogP contribution in [-0.2, 0) is 6.42 Å². The van der Waals surface area contributed by atoms with Crippen molar-refractivity contribution < 1.29 is 0 Å². The van der Waals surface area contributed by atoms with Crippen LogP contribution in [0.15, 0.2) is 41.7 Å². The smallest absolute Gasteiger partial charge is 0.251 e. The predicted octanol–water partition coefficient (Wildman–Crippen LogP) is 0.819. The van der Waals surface area contributed by atoms with E-state index in [1.165, 1.54) is 6.33 Å². The Morgan fingerprint density at radius 2 is 2.31 bits per heavy atom. The molecule has 5 nitrogen and oxygen atoms in total. The molecule has 82 valence electrons. The van der Waals surface area contributed by atoms with Crippen molar-refractivity contribution in [3.8, 4) is 0 Å². The summed E-state index contributed by atoms with van der Waals surface area (Å²) in [7, 11) is 0. The maximum atomic E-state index is 11.4. The summed E-state index contributed by atoms with van der Waals surface area (Å²) in [5, 5.41) is 3.12. The molecular weight excluding hydrogens is 204 g/mol. The normalized spacial score (nSPS) is 10.0. The Kier molecular flexibility index (Phi) is 3.28.